The highest BCUT2D eigenvalue weighted by Crippen LogP contribution is 2.55. The minimum Gasteiger partial charge on any atom is -0.388 e. The van der Waals surface area contributed by atoms with Gasteiger partial charge in [-0.25, -0.2) is 0 Å². The lowest BCUT2D eigenvalue weighted by molar-refractivity contribution is -0.0525. The average molecular weight is 155 g/mol. The Balaban J connectivity index is 2.36. The molecule has 0 heterocycles. The van der Waals surface area contributed by atoms with Crippen LogP contribution in [0.2, 0.25) is 0 Å². The number of rotatable bonds is 0. The van der Waals surface area contributed by atoms with Crippen molar-refractivity contribution in [2.24, 2.45) is 17.6 Å². The minimum absolute atomic E-state index is 0.337. The summed E-state index contributed by atoms with van der Waals surface area (Å²) < 4.78 is 0. The predicted molar refractivity (Wildman–Crippen MR) is 44.0 cm³/mol. The molecule has 0 aromatic carbocycles. The number of fused-ring (bicyclic) bond motifs is 2. The summed E-state index contributed by atoms with van der Waals surface area (Å²) in [6.45, 7) is 3.90. The molecule has 2 bridgehead atoms. The molecule has 0 aromatic heterocycles. The summed E-state index contributed by atoms with van der Waals surface area (Å²) in [5.74, 6) is 1.02. The summed E-state index contributed by atoms with van der Waals surface area (Å²) >= 11 is 0. The molecule has 3 N–H and O–H groups in total. The molecular weight excluding hydrogens is 138 g/mol. The Labute approximate surface area is 67.8 Å². The van der Waals surface area contributed by atoms with Gasteiger partial charge in [0, 0.05) is 5.54 Å². The van der Waals surface area contributed by atoms with Gasteiger partial charge in [0.25, 0.3) is 0 Å². The van der Waals surface area contributed by atoms with Crippen molar-refractivity contribution in [3.8, 4) is 0 Å². The van der Waals surface area contributed by atoms with E-state index in [9.17, 15) is 5.11 Å². The molecule has 0 radical (unpaired) electrons. The fraction of sp³-hybridized carbons (Fsp3) is 1.00. The Morgan fingerprint density at radius 3 is 2.09 bits per heavy atom. The topological polar surface area (TPSA) is 46.2 Å². The second-order valence-electron chi connectivity index (χ2n) is 4.64. The number of hydrogen-bond donors (Lipinski definition) is 2. The first-order valence-electron chi connectivity index (χ1n) is 4.47. The molecule has 0 aliphatic heterocycles. The third-order valence-electron chi connectivity index (χ3n) is 4.17. The van der Waals surface area contributed by atoms with Crippen molar-refractivity contribution in [3.63, 3.8) is 0 Å². The Morgan fingerprint density at radius 1 is 1.27 bits per heavy atom. The van der Waals surface area contributed by atoms with Crippen LogP contribution in [-0.2, 0) is 0 Å². The smallest absolute Gasteiger partial charge is 0.0826 e. The highest BCUT2D eigenvalue weighted by Gasteiger charge is 2.60. The van der Waals surface area contributed by atoms with Gasteiger partial charge in [-0.2, -0.15) is 0 Å². The Morgan fingerprint density at radius 2 is 1.82 bits per heavy atom. The molecule has 4 atom stereocenters. The van der Waals surface area contributed by atoms with Crippen molar-refractivity contribution in [3.05, 3.63) is 0 Å². The van der Waals surface area contributed by atoms with Gasteiger partial charge in [-0.05, 0) is 44.9 Å². The van der Waals surface area contributed by atoms with E-state index in [0.717, 1.165) is 6.42 Å². The normalized spacial score (nSPS) is 62.2. The second kappa shape index (κ2) is 1.80. The molecule has 0 spiro atoms. The van der Waals surface area contributed by atoms with E-state index in [2.05, 4.69) is 0 Å². The molecule has 2 saturated carbocycles. The third-order valence-corrected chi connectivity index (χ3v) is 4.17. The van der Waals surface area contributed by atoms with Crippen LogP contribution in [0.4, 0.5) is 0 Å². The fourth-order valence-electron chi connectivity index (χ4n) is 2.89. The van der Waals surface area contributed by atoms with Gasteiger partial charge in [0.1, 0.15) is 0 Å². The third kappa shape index (κ3) is 0.695. The summed E-state index contributed by atoms with van der Waals surface area (Å²) in [6.07, 6.45) is 3.53. The number of nitrogens with two attached hydrogens (primary N) is 1. The van der Waals surface area contributed by atoms with Gasteiger partial charge < -0.3 is 10.8 Å². The van der Waals surface area contributed by atoms with E-state index >= 15 is 0 Å². The number of hydrogen-bond acceptors (Lipinski definition) is 2. The van der Waals surface area contributed by atoms with Crippen molar-refractivity contribution >= 4 is 0 Å². The van der Waals surface area contributed by atoms with Crippen LogP contribution in [0.15, 0.2) is 0 Å². The van der Waals surface area contributed by atoms with Gasteiger partial charge in [0.15, 0.2) is 0 Å². The highest BCUT2D eigenvalue weighted by atomic mass is 16.3. The van der Waals surface area contributed by atoms with E-state index in [0.29, 0.717) is 11.8 Å². The molecule has 2 nitrogen and oxygen atoms in total. The molecule has 0 amide bonds. The number of aliphatic hydroxyl groups is 1. The molecular formula is C9H17NO. The summed E-state index contributed by atoms with van der Waals surface area (Å²) in [7, 11) is 0. The molecule has 11 heavy (non-hydrogen) atoms. The zero-order chi connectivity index (χ0) is 8.28. The molecule has 2 rings (SSSR count). The molecule has 0 saturated heterocycles. The van der Waals surface area contributed by atoms with Crippen molar-refractivity contribution in [2.75, 3.05) is 0 Å². The van der Waals surface area contributed by atoms with Crippen molar-refractivity contribution in [1.82, 2.24) is 0 Å². The van der Waals surface area contributed by atoms with E-state index in [1.807, 2.05) is 13.8 Å². The zero-order valence-electron chi connectivity index (χ0n) is 7.30. The van der Waals surface area contributed by atoms with Crippen LogP contribution >= 0.6 is 0 Å². The Kier molecular flexibility index (Phi) is 1.24. The van der Waals surface area contributed by atoms with Crippen LogP contribution in [0.5, 0.6) is 0 Å². The van der Waals surface area contributed by atoms with E-state index in [4.69, 9.17) is 5.73 Å². The van der Waals surface area contributed by atoms with Gasteiger partial charge >= 0.3 is 0 Å². The maximum Gasteiger partial charge on any atom is 0.0826 e. The van der Waals surface area contributed by atoms with Crippen LogP contribution in [0.3, 0.4) is 0 Å². The standard InChI is InChI=1S/C9H17NO/c1-8(10)6-3-4-7(5-6)9(8,2)11/h6-7,11H,3-5,10H2,1-2H3/t6-,7+,8?,9?/m1/s1. The second-order valence-corrected chi connectivity index (χ2v) is 4.64. The lowest BCUT2D eigenvalue weighted by Crippen LogP contribution is -2.60. The Hall–Kier alpha value is -0.0800. The predicted octanol–water partition coefficient (Wildman–Crippen LogP) is 0.885. The van der Waals surface area contributed by atoms with Crippen molar-refractivity contribution in [1.29, 1.82) is 0 Å². The van der Waals surface area contributed by atoms with E-state index in [1.54, 1.807) is 0 Å². The SMILES string of the molecule is CC1(N)[C@@H]2CC[C@@H](C2)C1(C)O. The van der Waals surface area contributed by atoms with Crippen LogP contribution in [-0.4, -0.2) is 16.2 Å². The molecule has 2 unspecified atom stereocenters. The van der Waals surface area contributed by atoms with Crippen molar-refractivity contribution in [2.45, 2.75) is 44.2 Å². The van der Waals surface area contributed by atoms with Crippen LogP contribution in [0.25, 0.3) is 0 Å². The van der Waals surface area contributed by atoms with Crippen LogP contribution in [0.1, 0.15) is 33.1 Å². The summed E-state index contributed by atoms with van der Waals surface area (Å²) in [5.41, 5.74) is 5.14. The van der Waals surface area contributed by atoms with Gasteiger partial charge in [-0.15, -0.1) is 0 Å². The molecule has 0 aromatic rings. The lowest BCUT2D eigenvalue weighted by Gasteiger charge is -2.43. The van der Waals surface area contributed by atoms with E-state index in [-0.39, 0.29) is 5.54 Å². The van der Waals surface area contributed by atoms with Gasteiger partial charge in [-0.3, -0.25) is 0 Å². The largest absolute Gasteiger partial charge is 0.388 e. The molecule has 2 aliphatic carbocycles. The first-order chi connectivity index (χ1) is 4.96. The summed E-state index contributed by atoms with van der Waals surface area (Å²) in [4.78, 5) is 0. The fourth-order valence-corrected chi connectivity index (χ4v) is 2.89. The first kappa shape index (κ1) is 7.56. The molecule has 2 heteroatoms. The van der Waals surface area contributed by atoms with E-state index in [1.165, 1.54) is 12.8 Å². The quantitative estimate of drug-likeness (QED) is 0.545. The summed E-state index contributed by atoms with van der Waals surface area (Å²) in [6, 6.07) is 0. The molecule has 2 aliphatic rings. The van der Waals surface area contributed by atoms with Crippen LogP contribution in [0, 0.1) is 11.8 Å². The van der Waals surface area contributed by atoms with E-state index < -0.39 is 5.60 Å². The summed E-state index contributed by atoms with van der Waals surface area (Å²) in [5, 5.41) is 10.1. The monoisotopic (exact) mass is 155 g/mol. The van der Waals surface area contributed by atoms with Crippen molar-refractivity contribution < 1.29 is 5.11 Å². The van der Waals surface area contributed by atoms with Gasteiger partial charge in [0.05, 0.1) is 5.60 Å². The Bertz CT molecular complexity index is 166. The van der Waals surface area contributed by atoms with Gasteiger partial charge in [0.2, 0.25) is 0 Å². The minimum atomic E-state index is -0.615. The average Bonchev–Trinajstić information content (AvgIpc) is 2.37. The van der Waals surface area contributed by atoms with Crippen LogP contribution < -0.4 is 5.73 Å². The molecule has 2 fully saturated rings. The first-order valence-corrected chi connectivity index (χ1v) is 4.47. The maximum atomic E-state index is 10.1. The van der Waals surface area contributed by atoms with Gasteiger partial charge in [-0.1, -0.05) is 0 Å². The zero-order valence-corrected chi connectivity index (χ0v) is 7.30. The highest BCUT2D eigenvalue weighted by molar-refractivity contribution is 5.15. The lowest BCUT2D eigenvalue weighted by atomic mass is 9.72. The molecule has 64 valence electrons. The maximum absolute atomic E-state index is 10.1.